The van der Waals surface area contributed by atoms with Crippen LogP contribution in [-0.4, -0.2) is 35.1 Å². The van der Waals surface area contributed by atoms with Crippen molar-refractivity contribution in [1.82, 2.24) is 4.90 Å². The molecule has 32 heavy (non-hydrogen) atoms. The Kier molecular flexibility index (Phi) is 4.75. The average molecular weight is 496 g/mol. The van der Waals surface area contributed by atoms with Gasteiger partial charge in [0.1, 0.15) is 5.54 Å². The van der Waals surface area contributed by atoms with Gasteiger partial charge in [0.25, 0.3) is 5.69 Å². The predicted molar refractivity (Wildman–Crippen MR) is 119 cm³/mol. The number of furan rings is 1. The van der Waals surface area contributed by atoms with E-state index in [1.807, 2.05) is 17.0 Å². The minimum Gasteiger partial charge on any atom is -0.461 e. The normalized spacial score (nSPS) is 24.5. The Morgan fingerprint density at radius 2 is 2.06 bits per heavy atom. The van der Waals surface area contributed by atoms with Gasteiger partial charge < -0.3 is 9.73 Å². The number of benzene rings is 2. The van der Waals surface area contributed by atoms with Crippen molar-refractivity contribution in [3.8, 4) is 0 Å². The van der Waals surface area contributed by atoms with E-state index >= 15 is 0 Å². The SMILES string of the molecule is CN1C[C@H](c2cccc([N+](=O)[O-])c2)[C@@H](C(=O)c2ccco2)[C@@]12C(=O)Nc1ccc(Br)cc12. The van der Waals surface area contributed by atoms with Gasteiger partial charge in [0.2, 0.25) is 11.7 Å². The number of ketones is 1. The highest BCUT2D eigenvalue weighted by atomic mass is 79.9. The summed E-state index contributed by atoms with van der Waals surface area (Å²) in [5.74, 6) is -1.79. The molecule has 1 N–H and O–H groups in total. The van der Waals surface area contributed by atoms with Crippen LogP contribution in [0.2, 0.25) is 0 Å². The lowest BCUT2D eigenvalue weighted by molar-refractivity contribution is -0.384. The van der Waals surface area contributed by atoms with Gasteiger partial charge >= 0.3 is 0 Å². The Morgan fingerprint density at radius 3 is 2.78 bits per heavy atom. The minimum atomic E-state index is -1.28. The molecule has 1 fully saturated rings. The number of rotatable bonds is 4. The average Bonchev–Trinajstić information content (AvgIpc) is 3.47. The van der Waals surface area contributed by atoms with Crippen LogP contribution in [-0.2, 0) is 10.3 Å². The molecular formula is C23H18BrN3O5. The van der Waals surface area contributed by atoms with Gasteiger partial charge in [0.15, 0.2) is 5.76 Å². The molecule has 2 aliphatic rings. The molecule has 0 radical (unpaired) electrons. The first kappa shape index (κ1) is 20.6. The maximum atomic E-state index is 13.8. The van der Waals surface area contributed by atoms with Crippen molar-refractivity contribution in [3.63, 3.8) is 0 Å². The Morgan fingerprint density at radius 1 is 1.25 bits per heavy atom. The highest BCUT2D eigenvalue weighted by Crippen LogP contribution is 2.56. The molecule has 5 rings (SSSR count). The smallest absolute Gasteiger partial charge is 0.269 e. The fourth-order valence-corrected chi connectivity index (χ4v) is 5.51. The molecular weight excluding hydrogens is 478 g/mol. The molecule has 1 spiro atoms. The van der Waals surface area contributed by atoms with E-state index in [0.717, 1.165) is 4.47 Å². The summed E-state index contributed by atoms with van der Waals surface area (Å²) >= 11 is 3.48. The summed E-state index contributed by atoms with van der Waals surface area (Å²) in [4.78, 5) is 40.2. The van der Waals surface area contributed by atoms with Gasteiger partial charge in [-0.25, -0.2) is 0 Å². The molecule has 9 heteroatoms. The number of nitrogens with zero attached hydrogens (tertiary/aromatic N) is 2. The number of fused-ring (bicyclic) bond motifs is 2. The number of non-ortho nitro benzene ring substituents is 1. The van der Waals surface area contributed by atoms with Crippen LogP contribution in [0.15, 0.2) is 69.8 Å². The zero-order valence-electron chi connectivity index (χ0n) is 16.9. The van der Waals surface area contributed by atoms with Gasteiger partial charge in [0, 0.05) is 40.3 Å². The van der Waals surface area contributed by atoms with Crippen molar-refractivity contribution in [2.75, 3.05) is 18.9 Å². The number of carbonyl (C=O) groups excluding carboxylic acids is 2. The lowest BCUT2D eigenvalue weighted by Crippen LogP contribution is -2.51. The van der Waals surface area contributed by atoms with Crippen LogP contribution in [0.4, 0.5) is 11.4 Å². The summed E-state index contributed by atoms with van der Waals surface area (Å²) < 4.78 is 6.20. The molecule has 1 saturated heterocycles. The van der Waals surface area contributed by atoms with E-state index in [1.165, 1.54) is 18.4 Å². The van der Waals surface area contributed by atoms with Crippen LogP contribution < -0.4 is 5.32 Å². The van der Waals surface area contributed by atoms with Gasteiger partial charge in [-0.15, -0.1) is 0 Å². The fourth-order valence-electron chi connectivity index (χ4n) is 5.15. The summed E-state index contributed by atoms with van der Waals surface area (Å²) in [6, 6.07) is 14.9. The third kappa shape index (κ3) is 2.85. The number of Topliss-reactive ketones (excluding diaryl/α,β-unsaturated/α-hetero) is 1. The lowest BCUT2D eigenvalue weighted by Gasteiger charge is -2.35. The number of likely N-dealkylation sites (N-methyl/N-ethyl adjacent to an activating group) is 1. The van der Waals surface area contributed by atoms with Gasteiger partial charge in [-0.2, -0.15) is 0 Å². The first-order valence-corrected chi connectivity index (χ1v) is 10.8. The highest BCUT2D eigenvalue weighted by Gasteiger charge is 2.64. The van der Waals surface area contributed by atoms with Gasteiger partial charge in [-0.1, -0.05) is 28.1 Å². The number of amides is 1. The minimum absolute atomic E-state index is 0.0608. The van der Waals surface area contributed by atoms with Crippen LogP contribution in [0, 0.1) is 16.0 Å². The number of nitrogens with one attached hydrogen (secondary N) is 1. The van der Waals surface area contributed by atoms with E-state index in [1.54, 1.807) is 37.4 Å². The predicted octanol–water partition coefficient (Wildman–Crippen LogP) is 4.33. The van der Waals surface area contributed by atoms with Crippen molar-refractivity contribution in [3.05, 3.63) is 92.3 Å². The Bertz CT molecular complexity index is 1260. The highest BCUT2D eigenvalue weighted by molar-refractivity contribution is 9.10. The quantitative estimate of drug-likeness (QED) is 0.328. The van der Waals surface area contributed by atoms with Crippen molar-refractivity contribution in [2.24, 2.45) is 5.92 Å². The molecule has 8 nitrogen and oxygen atoms in total. The van der Waals surface area contributed by atoms with Crippen LogP contribution in [0.3, 0.4) is 0 Å². The number of carbonyl (C=O) groups is 2. The lowest BCUT2D eigenvalue weighted by atomic mass is 9.71. The van der Waals surface area contributed by atoms with E-state index < -0.39 is 22.3 Å². The number of halogens is 1. The third-order valence-corrected chi connectivity index (χ3v) is 6.96. The third-order valence-electron chi connectivity index (χ3n) is 6.47. The largest absolute Gasteiger partial charge is 0.461 e. The van der Waals surface area contributed by atoms with E-state index in [4.69, 9.17) is 4.42 Å². The van der Waals surface area contributed by atoms with E-state index in [0.29, 0.717) is 23.4 Å². The summed E-state index contributed by atoms with van der Waals surface area (Å²) in [6.07, 6.45) is 1.42. The summed E-state index contributed by atoms with van der Waals surface area (Å²) in [5, 5.41) is 14.3. The van der Waals surface area contributed by atoms with E-state index in [2.05, 4.69) is 21.2 Å². The fraction of sp³-hybridized carbons (Fsp3) is 0.217. The first-order chi connectivity index (χ1) is 15.3. The molecule has 0 bridgehead atoms. The number of hydrogen-bond acceptors (Lipinski definition) is 6. The number of likely N-dealkylation sites (tertiary alicyclic amines) is 1. The second-order valence-corrected chi connectivity index (χ2v) is 8.98. The molecule has 0 unspecified atom stereocenters. The molecule has 3 atom stereocenters. The Labute approximate surface area is 191 Å². The summed E-state index contributed by atoms with van der Waals surface area (Å²) in [5.41, 5.74) is 0.621. The van der Waals surface area contributed by atoms with Crippen molar-refractivity contribution < 1.29 is 18.9 Å². The Hall–Kier alpha value is -3.30. The van der Waals surface area contributed by atoms with Gasteiger partial charge in [-0.3, -0.25) is 24.6 Å². The topological polar surface area (TPSA) is 106 Å². The van der Waals surface area contributed by atoms with Crippen molar-refractivity contribution in [2.45, 2.75) is 11.5 Å². The Balaban J connectivity index is 1.74. The zero-order valence-corrected chi connectivity index (χ0v) is 18.5. The number of hydrogen-bond donors (Lipinski definition) is 1. The molecule has 0 aliphatic carbocycles. The maximum Gasteiger partial charge on any atom is 0.269 e. The monoisotopic (exact) mass is 495 g/mol. The van der Waals surface area contributed by atoms with Crippen LogP contribution in [0.1, 0.15) is 27.6 Å². The molecule has 1 amide bonds. The molecule has 162 valence electrons. The van der Waals surface area contributed by atoms with Gasteiger partial charge in [0.05, 0.1) is 17.1 Å². The van der Waals surface area contributed by atoms with Crippen LogP contribution in [0.25, 0.3) is 0 Å². The van der Waals surface area contributed by atoms with E-state index in [9.17, 15) is 19.7 Å². The number of anilines is 1. The number of nitro groups is 1. The standard InChI is InChI=1S/C23H18BrN3O5/c1-26-12-16(13-4-2-5-15(10-13)27(30)31)20(21(28)19-6-3-9-32-19)23(26)17-11-14(24)7-8-18(17)25-22(23)29/h2-11,16,20H,12H2,1H3,(H,25,29)/t16-,20+,23+/m1/s1. The second kappa shape index (κ2) is 7.39. The second-order valence-electron chi connectivity index (χ2n) is 8.07. The van der Waals surface area contributed by atoms with Crippen LogP contribution in [0.5, 0.6) is 0 Å². The zero-order chi connectivity index (χ0) is 22.6. The molecule has 3 heterocycles. The van der Waals surface area contributed by atoms with E-state index in [-0.39, 0.29) is 23.1 Å². The molecule has 3 aromatic rings. The van der Waals surface area contributed by atoms with Crippen LogP contribution >= 0.6 is 15.9 Å². The molecule has 2 aromatic carbocycles. The first-order valence-electron chi connectivity index (χ1n) is 9.99. The molecule has 0 saturated carbocycles. The number of nitro benzene ring substituents is 1. The molecule has 2 aliphatic heterocycles. The van der Waals surface area contributed by atoms with Crippen molar-refractivity contribution in [1.29, 1.82) is 0 Å². The van der Waals surface area contributed by atoms with Crippen molar-refractivity contribution >= 4 is 39.0 Å². The molecule has 1 aromatic heterocycles. The summed E-state index contributed by atoms with van der Waals surface area (Å²) in [6.45, 7) is 0.359. The van der Waals surface area contributed by atoms with Gasteiger partial charge in [-0.05, 0) is 42.9 Å². The maximum absolute atomic E-state index is 13.8. The summed E-state index contributed by atoms with van der Waals surface area (Å²) in [7, 11) is 1.80.